The topological polar surface area (TPSA) is 105 Å². The second kappa shape index (κ2) is 8.10. The Morgan fingerprint density at radius 3 is 2.83 bits per heavy atom. The van der Waals surface area contributed by atoms with Gasteiger partial charge in [-0.25, -0.2) is 4.98 Å². The summed E-state index contributed by atoms with van der Waals surface area (Å²) in [6.45, 7) is 8.09. The molecule has 160 valence electrons. The molecule has 0 atom stereocenters. The van der Waals surface area contributed by atoms with Gasteiger partial charge in [-0.15, -0.1) is 0 Å². The van der Waals surface area contributed by atoms with Gasteiger partial charge in [0.25, 0.3) is 11.8 Å². The Bertz CT molecular complexity index is 960. The smallest absolute Gasteiger partial charge is 0.259 e. The van der Waals surface area contributed by atoms with Crippen LogP contribution in [0.25, 0.3) is 0 Å². The van der Waals surface area contributed by atoms with Crippen molar-refractivity contribution in [2.45, 2.75) is 51.5 Å². The molecule has 2 aromatic heterocycles. The van der Waals surface area contributed by atoms with Gasteiger partial charge in [-0.05, 0) is 58.8 Å². The van der Waals surface area contributed by atoms with E-state index in [4.69, 9.17) is 9.15 Å². The summed E-state index contributed by atoms with van der Waals surface area (Å²) < 4.78 is 11.3. The molecule has 30 heavy (non-hydrogen) atoms. The first-order valence-corrected chi connectivity index (χ1v) is 10.5. The highest BCUT2D eigenvalue weighted by molar-refractivity contribution is 6.13. The van der Waals surface area contributed by atoms with Crippen molar-refractivity contribution in [3.8, 4) is 5.88 Å². The SMILES string of the molecule is CCOc1nc(C2CCNCC2)ccc1NC(=O)c1coc2c1C(=O)NC(C)(C)C2. The molecule has 2 aliphatic heterocycles. The summed E-state index contributed by atoms with van der Waals surface area (Å²) in [5.41, 5.74) is 1.55. The van der Waals surface area contributed by atoms with Gasteiger partial charge >= 0.3 is 0 Å². The molecule has 0 unspecified atom stereocenters. The Kier molecular flexibility index (Phi) is 5.51. The molecule has 4 rings (SSSR count). The van der Waals surface area contributed by atoms with E-state index in [-0.39, 0.29) is 11.5 Å². The molecular weight excluding hydrogens is 384 g/mol. The van der Waals surface area contributed by atoms with Gasteiger partial charge in [0.15, 0.2) is 0 Å². The van der Waals surface area contributed by atoms with Crippen molar-refractivity contribution < 1.29 is 18.7 Å². The van der Waals surface area contributed by atoms with Crippen LogP contribution in [0, 0.1) is 0 Å². The molecule has 0 bridgehead atoms. The first-order valence-electron chi connectivity index (χ1n) is 10.5. The maximum absolute atomic E-state index is 13.0. The van der Waals surface area contributed by atoms with E-state index in [0.29, 0.717) is 41.8 Å². The first kappa shape index (κ1) is 20.4. The maximum atomic E-state index is 13.0. The fourth-order valence-electron chi connectivity index (χ4n) is 4.09. The minimum atomic E-state index is -0.424. The number of carbonyl (C=O) groups excluding carboxylic acids is 2. The molecule has 4 heterocycles. The Labute approximate surface area is 175 Å². The lowest BCUT2D eigenvalue weighted by molar-refractivity contribution is 0.0882. The van der Waals surface area contributed by atoms with Gasteiger partial charge in [0, 0.05) is 23.6 Å². The number of hydrogen-bond donors (Lipinski definition) is 3. The van der Waals surface area contributed by atoms with Crippen molar-refractivity contribution in [2.24, 2.45) is 0 Å². The quantitative estimate of drug-likeness (QED) is 0.697. The van der Waals surface area contributed by atoms with Crippen molar-refractivity contribution in [1.82, 2.24) is 15.6 Å². The van der Waals surface area contributed by atoms with Crippen molar-refractivity contribution >= 4 is 17.5 Å². The van der Waals surface area contributed by atoms with Gasteiger partial charge in [0.1, 0.15) is 17.7 Å². The van der Waals surface area contributed by atoms with Gasteiger partial charge in [0.05, 0.1) is 17.7 Å². The standard InChI is InChI=1S/C22H28N4O4/c1-4-29-21-16(6-5-15(25-21)13-7-9-23-10-8-13)24-19(27)14-12-30-17-11-22(2,3)26-20(28)18(14)17/h5-6,12-13,23H,4,7-11H2,1-3H3,(H,24,27)(H,26,28). The number of pyridine rings is 1. The van der Waals surface area contributed by atoms with Crippen LogP contribution in [-0.2, 0) is 6.42 Å². The minimum Gasteiger partial charge on any atom is -0.476 e. The highest BCUT2D eigenvalue weighted by Gasteiger charge is 2.36. The molecule has 2 aromatic rings. The number of fused-ring (bicyclic) bond motifs is 1. The Morgan fingerprint density at radius 2 is 2.10 bits per heavy atom. The van der Waals surface area contributed by atoms with Crippen LogP contribution in [-0.4, -0.2) is 42.0 Å². The maximum Gasteiger partial charge on any atom is 0.259 e. The molecule has 3 N–H and O–H groups in total. The number of nitrogens with one attached hydrogen (secondary N) is 3. The zero-order valence-electron chi connectivity index (χ0n) is 17.6. The largest absolute Gasteiger partial charge is 0.476 e. The molecule has 0 spiro atoms. The number of aromatic nitrogens is 1. The Morgan fingerprint density at radius 1 is 1.33 bits per heavy atom. The van der Waals surface area contributed by atoms with Crippen LogP contribution in [0.4, 0.5) is 5.69 Å². The summed E-state index contributed by atoms with van der Waals surface area (Å²) in [6, 6.07) is 3.76. The summed E-state index contributed by atoms with van der Waals surface area (Å²) in [5.74, 6) is 0.572. The number of rotatable bonds is 5. The van der Waals surface area contributed by atoms with Crippen LogP contribution in [0.15, 0.2) is 22.8 Å². The summed E-state index contributed by atoms with van der Waals surface area (Å²) in [6.07, 6.45) is 3.92. The summed E-state index contributed by atoms with van der Waals surface area (Å²) in [5, 5.41) is 9.11. The number of hydrogen-bond acceptors (Lipinski definition) is 6. The van der Waals surface area contributed by atoms with Crippen molar-refractivity contribution in [3.63, 3.8) is 0 Å². The van der Waals surface area contributed by atoms with Gasteiger partial charge in [0.2, 0.25) is 5.88 Å². The van der Waals surface area contributed by atoms with Crippen molar-refractivity contribution in [1.29, 1.82) is 0 Å². The van der Waals surface area contributed by atoms with E-state index in [1.165, 1.54) is 6.26 Å². The van der Waals surface area contributed by atoms with E-state index in [1.807, 2.05) is 32.9 Å². The Hall–Kier alpha value is -2.87. The van der Waals surface area contributed by atoms with E-state index < -0.39 is 11.4 Å². The summed E-state index contributed by atoms with van der Waals surface area (Å²) >= 11 is 0. The summed E-state index contributed by atoms with van der Waals surface area (Å²) in [7, 11) is 0. The molecule has 8 nitrogen and oxygen atoms in total. The van der Waals surface area contributed by atoms with Crippen LogP contribution in [0.1, 0.15) is 71.7 Å². The molecule has 2 aliphatic rings. The van der Waals surface area contributed by atoms with Crippen LogP contribution in [0.3, 0.4) is 0 Å². The fourth-order valence-corrected chi connectivity index (χ4v) is 4.09. The lowest BCUT2D eigenvalue weighted by Crippen LogP contribution is -2.49. The van der Waals surface area contributed by atoms with Crippen LogP contribution in [0.5, 0.6) is 5.88 Å². The lowest BCUT2D eigenvalue weighted by atomic mass is 9.91. The van der Waals surface area contributed by atoms with Crippen LogP contribution < -0.4 is 20.7 Å². The van der Waals surface area contributed by atoms with Gasteiger partial charge in [-0.1, -0.05) is 0 Å². The van der Waals surface area contributed by atoms with E-state index in [1.54, 1.807) is 0 Å². The van der Waals surface area contributed by atoms with Crippen molar-refractivity contribution in [2.75, 3.05) is 25.0 Å². The average Bonchev–Trinajstić information content (AvgIpc) is 3.13. The van der Waals surface area contributed by atoms with Crippen LogP contribution in [0.2, 0.25) is 0 Å². The van der Waals surface area contributed by atoms with E-state index >= 15 is 0 Å². The molecule has 0 radical (unpaired) electrons. The third-order valence-corrected chi connectivity index (χ3v) is 5.56. The monoisotopic (exact) mass is 412 g/mol. The van der Waals surface area contributed by atoms with Crippen molar-refractivity contribution in [3.05, 3.63) is 41.0 Å². The average molecular weight is 412 g/mol. The molecule has 0 saturated carbocycles. The molecule has 0 aromatic carbocycles. The third-order valence-electron chi connectivity index (χ3n) is 5.56. The predicted molar refractivity (Wildman–Crippen MR) is 112 cm³/mol. The van der Waals surface area contributed by atoms with E-state index in [9.17, 15) is 9.59 Å². The molecule has 1 saturated heterocycles. The zero-order valence-corrected chi connectivity index (χ0v) is 17.6. The highest BCUT2D eigenvalue weighted by Crippen LogP contribution is 2.31. The second-order valence-electron chi connectivity index (χ2n) is 8.46. The lowest BCUT2D eigenvalue weighted by Gasteiger charge is -2.29. The highest BCUT2D eigenvalue weighted by atomic mass is 16.5. The van der Waals surface area contributed by atoms with Gasteiger partial charge < -0.3 is 25.1 Å². The number of nitrogens with zero attached hydrogens (tertiary/aromatic N) is 1. The second-order valence-corrected chi connectivity index (χ2v) is 8.46. The van der Waals surface area contributed by atoms with E-state index in [2.05, 4.69) is 20.9 Å². The number of carbonyl (C=O) groups is 2. The van der Waals surface area contributed by atoms with Gasteiger partial charge in [-0.3, -0.25) is 9.59 Å². The number of piperidine rings is 1. The number of anilines is 1. The predicted octanol–water partition coefficient (Wildman–Crippen LogP) is 2.86. The normalized spacial score (nSPS) is 18.4. The molecule has 1 fully saturated rings. The minimum absolute atomic E-state index is 0.211. The third kappa shape index (κ3) is 4.05. The van der Waals surface area contributed by atoms with Crippen LogP contribution >= 0.6 is 0 Å². The summed E-state index contributed by atoms with van der Waals surface area (Å²) in [4.78, 5) is 30.2. The zero-order chi connectivity index (χ0) is 21.3. The first-order chi connectivity index (χ1) is 14.4. The number of furan rings is 1. The molecule has 0 aliphatic carbocycles. The molecular formula is C22H28N4O4. The van der Waals surface area contributed by atoms with E-state index in [0.717, 1.165) is 31.6 Å². The molecule has 8 heteroatoms. The number of amides is 2. The Balaban J connectivity index is 1.58. The van der Waals surface area contributed by atoms with Gasteiger partial charge in [-0.2, -0.15) is 0 Å². The number of ether oxygens (including phenoxy) is 1. The molecule has 2 amide bonds. The fraction of sp³-hybridized carbons (Fsp3) is 0.500.